The number of allylic oxidation sites excluding steroid dienone is 4. The van der Waals surface area contributed by atoms with Crippen LogP contribution in [-0.2, 0) is 14.3 Å². The van der Waals surface area contributed by atoms with Crippen LogP contribution in [0, 0.1) is 10.8 Å². The molecule has 0 N–H and O–H groups in total. The predicted molar refractivity (Wildman–Crippen MR) is 137 cm³/mol. The van der Waals surface area contributed by atoms with Crippen molar-refractivity contribution < 1.29 is 23.9 Å². The SMILES string of the molecule is CC1(C)CC(=O)C2=C(C1)OC1=C(C(=O)CC(C)(C)C1)C2c1ccc(OC(=O)c2ccccc2Cl)cc1. The quantitative estimate of drug-likeness (QED) is 0.334. The number of rotatable bonds is 3. The van der Waals surface area contributed by atoms with Gasteiger partial charge in [0.15, 0.2) is 11.6 Å². The summed E-state index contributed by atoms with van der Waals surface area (Å²) in [6.07, 6.45) is 2.09. The molecule has 2 aromatic carbocycles. The fourth-order valence-corrected chi connectivity index (χ4v) is 5.74. The second kappa shape index (κ2) is 8.74. The van der Waals surface area contributed by atoms with Gasteiger partial charge in [-0.2, -0.15) is 0 Å². The first-order valence-electron chi connectivity index (χ1n) is 12.2. The van der Waals surface area contributed by atoms with Crippen LogP contribution >= 0.6 is 11.6 Å². The Morgan fingerprint density at radius 3 is 1.89 bits per heavy atom. The summed E-state index contributed by atoms with van der Waals surface area (Å²) in [5.74, 6) is 0.716. The number of ketones is 2. The molecular formula is C30H29ClO5. The van der Waals surface area contributed by atoms with E-state index in [4.69, 9.17) is 21.1 Å². The van der Waals surface area contributed by atoms with Crippen LogP contribution in [-0.4, -0.2) is 17.5 Å². The third-order valence-electron chi connectivity index (χ3n) is 7.10. The topological polar surface area (TPSA) is 69.7 Å². The molecule has 0 unspecified atom stereocenters. The number of hydrogen-bond acceptors (Lipinski definition) is 5. The zero-order chi connectivity index (χ0) is 25.8. The molecule has 0 aromatic heterocycles. The molecule has 0 spiro atoms. The van der Waals surface area contributed by atoms with Crippen LogP contribution in [0.15, 0.2) is 71.2 Å². The van der Waals surface area contributed by atoms with Crippen LogP contribution in [0.25, 0.3) is 0 Å². The van der Waals surface area contributed by atoms with Crippen LogP contribution in [0.1, 0.15) is 75.2 Å². The van der Waals surface area contributed by atoms with Gasteiger partial charge in [-0.05, 0) is 40.7 Å². The van der Waals surface area contributed by atoms with Crippen molar-refractivity contribution in [3.63, 3.8) is 0 Å². The highest BCUT2D eigenvalue weighted by Crippen LogP contribution is 2.53. The van der Waals surface area contributed by atoms with Crippen molar-refractivity contribution in [2.45, 2.75) is 59.3 Å². The molecule has 5 nitrogen and oxygen atoms in total. The fraction of sp³-hybridized carbons (Fsp3) is 0.367. The largest absolute Gasteiger partial charge is 0.465 e. The van der Waals surface area contributed by atoms with Gasteiger partial charge < -0.3 is 9.47 Å². The number of Topliss-reactive ketones (excluding diaryl/α,β-unsaturated/α-hetero) is 2. The number of carbonyl (C=O) groups excluding carboxylic acids is 3. The Bertz CT molecular complexity index is 1290. The van der Waals surface area contributed by atoms with Gasteiger partial charge in [-0.25, -0.2) is 4.79 Å². The van der Waals surface area contributed by atoms with Gasteiger partial charge in [0, 0.05) is 42.7 Å². The molecule has 0 saturated carbocycles. The number of hydrogen-bond donors (Lipinski definition) is 0. The minimum absolute atomic E-state index is 0.0182. The molecule has 0 saturated heterocycles. The second-order valence-electron chi connectivity index (χ2n) is 11.5. The molecule has 186 valence electrons. The van der Waals surface area contributed by atoms with Gasteiger partial charge in [0.1, 0.15) is 17.3 Å². The molecule has 0 bridgehead atoms. The highest BCUT2D eigenvalue weighted by atomic mass is 35.5. The van der Waals surface area contributed by atoms with Crippen LogP contribution in [0.2, 0.25) is 5.02 Å². The molecule has 0 amide bonds. The summed E-state index contributed by atoms with van der Waals surface area (Å²) < 4.78 is 11.9. The maximum absolute atomic E-state index is 13.4. The van der Waals surface area contributed by atoms with Crippen molar-refractivity contribution in [2.75, 3.05) is 0 Å². The molecule has 0 atom stereocenters. The van der Waals surface area contributed by atoms with Gasteiger partial charge in [0.05, 0.1) is 10.6 Å². The molecule has 2 aliphatic carbocycles. The molecule has 1 heterocycles. The molecule has 6 heteroatoms. The minimum atomic E-state index is -0.552. The smallest absolute Gasteiger partial charge is 0.345 e. The van der Waals surface area contributed by atoms with Crippen molar-refractivity contribution in [1.29, 1.82) is 0 Å². The molecule has 2 aromatic rings. The van der Waals surface area contributed by atoms with Gasteiger partial charge in [-0.15, -0.1) is 0 Å². The summed E-state index contributed by atoms with van der Waals surface area (Å²) in [6.45, 7) is 8.26. The average Bonchev–Trinajstić information content (AvgIpc) is 2.77. The van der Waals surface area contributed by atoms with Crippen LogP contribution in [0.5, 0.6) is 5.75 Å². The van der Waals surface area contributed by atoms with E-state index in [1.165, 1.54) is 0 Å². The summed E-state index contributed by atoms with van der Waals surface area (Å²) in [4.78, 5) is 39.3. The van der Waals surface area contributed by atoms with E-state index in [9.17, 15) is 14.4 Å². The lowest BCUT2D eigenvalue weighted by Gasteiger charge is -2.42. The number of esters is 1. The first kappa shape index (κ1) is 24.5. The monoisotopic (exact) mass is 504 g/mol. The van der Waals surface area contributed by atoms with Crippen molar-refractivity contribution in [3.05, 3.63) is 87.3 Å². The van der Waals surface area contributed by atoms with E-state index in [1.807, 2.05) is 12.1 Å². The number of benzene rings is 2. The van der Waals surface area contributed by atoms with Gasteiger partial charge in [0.25, 0.3) is 0 Å². The van der Waals surface area contributed by atoms with E-state index >= 15 is 0 Å². The summed E-state index contributed by atoms with van der Waals surface area (Å²) >= 11 is 6.12. The Morgan fingerprint density at radius 2 is 1.36 bits per heavy atom. The zero-order valence-electron chi connectivity index (χ0n) is 20.9. The van der Waals surface area contributed by atoms with E-state index in [1.54, 1.807) is 36.4 Å². The highest BCUT2D eigenvalue weighted by molar-refractivity contribution is 6.33. The Kier molecular flexibility index (Phi) is 5.95. The lowest BCUT2D eigenvalue weighted by atomic mass is 9.65. The second-order valence-corrected chi connectivity index (χ2v) is 11.9. The Morgan fingerprint density at radius 1 is 0.833 bits per heavy atom. The highest BCUT2D eigenvalue weighted by Gasteiger charge is 2.47. The molecular weight excluding hydrogens is 476 g/mol. The number of carbonyl (C=O) groups is 3. The van der Waals surface area contributed by atoms with Gasteiger partial charge >= 0.3 is 5.97 Å². The van der Waals surface area contributed by atoms with Crippen molar-refractivity contribution >= 4 is 29.1 Å². The first-order valence-corrected chi connectivity index (χ1v) is 12.6. The van der Waals surface area contributed by atoms with Crippen LogP contribution < -0.4 is 4.74 Å². The van der Waals surface area contributed by atoms with Crippen molar-refractivity contribution in [1.82, 2.24) is 0 Å². The number of halogens is 1. The molecule has 5 rings (SSSR count). The van der Waals surface area contributed by atoms with E-state index in [0.717, 1.165) is 5.56 Å². The zero-order valence-corrected chi connectivity index (χ0v) is 21.7. The van der Waals surface area contributed by atoms with E-state index < -0.39 is 11.9 Å². The standard InChI is InChI=1S/C30H29ClO5/c1-29(2)13-21(32)26-23(15-29)36-24-16-30(3,4)14-22(33)27(24)25(26)17-9-11-18(12-10-17)35-28(34)19-7-5-6-8-20(19)31/h5-12,25H,13-16H2,1-4H3. The van der Waals surface area contributed by atoms with E-state index in [-0.39, 0.29) is 28.0 Å². The summed E-state index contributed by atoms with van der Waals surface area (Å²) in [7, 11) is 0. The third kappa shape index (κ3) is 4.53. The number of ether oxygens (including phenoxy) is 2. The van der Waals surface area contributed by atoms with Gasteiger partial charge in [0.2, 0.25) is 0 Å². The Hall–Kier alpha value is -3.18. The summed E-state index contributed by atoms with van der Waals surface area (Å²) in [6, 6.07) is 13.7. The molecule has 36 heavy (non-hydrogen) atoms. The minimum Gasteiger partial charge on any atom is -0.465 e. The molecule has 0 fully saturated rings. The van der Waals surface area contributed by atoms with Crippen molar-refractivity contribution in [3.8, 4) is 5.75 Å². The average molecular weight is 505 g/mol. The van der Waals surface area contributed by atoms with Crippen LogP contribution in [0.3, 0.4) is 0 Å². The first-order chi connectivity index (χ1) is 16.9. The summed E-state index contributed by atoms with van der Waals surface area (Å²) in [5, 5.41) is 0.317. The van der Waals surface area contributed by atoms with Gasteiger partial charge in [-0.1, -0.05) is 63.6 Å². The normalized spacial score (nSPS) is 21.0. The van der Waals surface area contributed by atoms with Gasteiger partial charge in [-0.3, -0.25) is 9.59 Å². The Labute approximate surface area is 216 Å². The molecule has 1 aliphatic heterocycles. The molecule has 3 aliphatic rings. The summed E-state index contributed by atoms with van der Waals surface area (Å²) in [5.41, 5.74) is 1.84. The van der Waals surface area contributed by atoms with Crippen molar-refractivity contribution in [2.24, 2.45) is 10.8 Å². The lowest BCUT2D eigenvalue weighted by Crippen LogP contribution is -2.37. The maximum Gasteiger partial charge on any atom is 0.345 e. The van der Waals surface area contributed by atoms with Crippen LogP contribution in [0.4, 0.5) is 0 Å². The predicted octanol–water partition coefficient (Wildman–Crippen LogP) is 6.96. The molecule has 0 radical (unpaired) electrons. The maximum atomic E-state index is 13.4. The lowest BCUT2D eigenvalue weighted by molar-refractivity contribution is -0.120. The Balaban J connectivity index is 1.52. The van der Waals surface area contributed by atoms with E-state index in [0.29, 0.717) is 59.1 Å². The van der Waals surface area contributed by atoms with E-state index in [2.05, 4.69) is 27.7 Å². The third-order valence-corrected chi connectivity index (χ3v) is 7.43. The fourth-order valence-electron chi connectivity index (χ4n) is 5.53.